The summed E-state index contributed by atoms with van der Waals surface area (Å²) >= 11 is 1.68. The highest BCUT2D eigenvalue weighted by Crippen LogP contribution is 2.17. The molecule has 1 aromatic heterocycles. The van der Waals surface area contributed by atoms with Gasteiger partial charge in [-0.3, -0.25) is 9.36 Å². The predicted molar refractivity (Wildman–Crippen MR) is 82.5 cm³/mol. The van der Waals surface area contributed by atoms with Crippen molar-refractivity contribution in [2.24, 2.45) is 14.1 Å². The number of benzene rings is 1. The minimum atomic E-state index is -0.317. The van der Waals surface area contributed by atoms with E-state index < -0.39 is 0 Å². The zero-order chi connectivity index (χ0) is 14.7. The molecular weight excluding hydrogens is 274 g/mol. The SMILES string of the molecule is CSc1ccc(NCc2cn(C)c(=O)n(C)c2=O)cc1. The quantitative estimate of drug-likeness (QED) is 0.866. The Morgan fingerprint density at radius 3 is 2.40 bits per heavy atom. The van der Waals surface area contributed by atoms with Gasteiger partial charge in [0.25, 0.3) is 5.56 Å². The number of aryl methyl sites for hydroxylation is 1. The molecule has 2 rings (SSSR count). The second kappa shape index (κ2) is 6.00. The molecule has 0 amide bonds. The maximum Gasteiger partial charge on any atom is 0.330 e. The molecule has 0 fully saturated rings. The average molecular weight is 291 g/mol. The molecule has 2 aromatic rings. The fourth-order valence-corrected chi connectivity index (χ4v) is 2.32. The van der Waals surface area contributed by atoms with Gasteiger partial charge in [0.05, 0.1) is 5.56 Å². The summed E-state index contributed by atoms with van der Waals surface area (Å²) in [5, 5.41) is 3.19. The van der Waals surface area contributed by atoms with Gasteiger partial charge in [-0.2, -0.15) is 0 Å². The first-order chi connectivity index (χ1) is 9.52. The maximum absolute atomic E-state index is 12.0. The monoisotopic (exact) mass is 291 g/mol. The lowest BCUT2D eigenvalue weighted by atomic mass is 10.3. The predicted octanol–water partition coefficient (Wildman–Crippen LogP) is 1.42. The highest BCUT2D eigenvalue weighted by atomic mass is 32.2. The van der Waals surface area contributed by atoms with Crippen LogP contribution in [0.3, 0.4) is 0 Å². The summed E-state index contributed by atoms with van der Waals surface area (Å²) in [5.74, 6) is 0. The van der Waals surface area contributed by atoms with Crippen LogP contribution in [0.25, 0.3) is 0 Å². The van der Waals surface area contributed by atoms with Gasteiger partial charge in [0.2, 0.25) is 0 Å². The molecular formula is C14H17N3O2S. The third-order valence-corrected chi connectivity index (χ3v) is 3.83. The van der Waals surface area contributed by atoms with E-state index in [1.54, 1.807) is 25.0 Å². The van der Waals surface area contributed by atoms with E-state index in [1.807, 2.05) is 30.5 Å². The van der Waals surface area contributed by atoms with Crippen LogP contribution in [0.4, 0.5) is 5.69 Å². The first kappa shape index (κ1) is 14.5. The number of thioether (sulfide) groups is 1. The summed E-state index contributed by atoms with van der Waals surface area (Å²) in [6, 6.07) is 7.98. The fraction of sp³-hybridized carbons (Fsp3) is 0.286. The van der Waals surface area contributed by atoms with E-state index in [4.69, 9.17) is 0 Å². The Labute approximate surface area is 121 Å². The van der Waals surface area contributed by atoms with E-state index in [0.29, 0.717) is 12.1 Å². The lowest BCUT2D eigenvalue weighted by Crippen LogP contribution is -2.38. The summed E-state index contributed by atoms with van der Waals surface area (Å²) in [4.78, 5) is 24.7. The maximum atomic E-state index is 12.0. The first-order valence-electron chi connectivity index (χ1n) is 6.16. The van der Waals surface area contributed by atoms with E-state index in [9.17, 15) is 9.59 Å². The Morgan fingerprint density at radius 2 is 1.80 bits per heavy atom. The van der Waals surface area contributed by atoms with Crippen molar-refractivity contribution in [3.05, 3.63) is 56.9 Å². The molecule has 0 bridgehead atoms. The molecule has 20 heavy (non-hydrogen) atoms. The summed E-state index contributed by atoms with van der Waals surface area (Å²) in [6.07, 6.45) is 3.60. The number of rotatable bonds is 4. The van der Waals surface area contributed by atoms with Crippen molar-refractivity contribution in [3.8, 4) is 0 Å². The largest absolute Gasteiger partial charge is 0.381 e. The van der Waals surface area contributed by atoms with E-state index in [2.05, 4.69) is 5.32 Å². The van der Waals surface area contributed by atoms with Crippen LogP contribution in [-0.4, -0.2) is 15.4 Å². The molecule has 0 aliphatic rings. The lowest BCUT2D eigenvalue weighted by Gasteiger charge is -2.09. The molecule has 6 heteroatoms. The molecule has 0 aliphatic heterocycles. The van der Waals surface area contributed by atoms with Crippen molar-refractivity contribution in [1.29, 1.82) is 0 Å². The van der Waals surface area contributed by atoms with Crippen LogP contribution < -0.4 is 16.6 Å². The van der Waals surface area contributed by atoms with Crippen LogP contribution in [0.1, 0.15) is 5.56 Å². The van der Waals surface area contributed by atoms with E-state index >= 15 is 0 Å². The zero-order valence-corrected chi connectivity index (χ0v) is 12.5. The van der Waals surface area contributed by atoms with Gasteiger partial charge in [-0.05, 0) is 30.5 Å². The van der Waals surface area contributed by atoms with Crippen LogP contribution in [0, 0.1) is 0 Å². The number of anilines is 1. The molecule has 0 aliphatic carbocycles. The van der Waals surface area contributed by atoms with Gasteiger partial charge >= 0.3 is 5.69 Å². The molecule has 0 spiro atoms. The highest BCUT2D eigenvalue weighted by molar-refractivity contribution is 7.98. The lowest BCUT2D eigenvalue weighted by molar-refractivity contribution is 0.671. The molecule has 1 aromatic carbocycles. The Balaban J connectivity index is 2.18. The van der Waals surface area contributed by atoms with Crippen molar-refractivity contribution >= 4 is 17.4 Å². The molecule has 0 unspecified atom stereocenters. The van der Waals surface area contributed by atoms with Gasteiger partial charge in [-0.15, -0.1) is 11.8 Å². The van der Waals surface area contributed by atoms with Crippen molar-refractivity contribution in [2.75, 3.05) is 11.6 Å². The Hall–Kier alpha value is -1.95. The van der Waals surface area contributed by atoms with Crippen LogP contribution in [0.5, 0.6) is 0 Å². The Morgan fingerprint density at radius 1 is 1.15 bits per heavy atom. The van der Waals surface area contributed by atoms with Crippen LogP contribution in [0.2, 0.25) is 0 Å². The zero-order valence-electron chi connectivity index (χ0n) is 11.7. The number of nitrogens with one attached hydrogen (secondary N) is 1. The first-order valence-corrected chi connectivity index (χ1v) is 7.39. The van der Waals surface area contributed by atoms with Crippen LogP contribution >= 0.6 is 11.8 Å². The van der Waals surface area contributed by atoms with Crippen LogP contribution in [0.15, 0.2) is 44.9 Å². The van der Waals surface area contributed by atoms with Gasteiger partial charge in [-0.25, -0.2) is 4.79 Å². The second-order valence-electron chi connectivity index (χ2n) is 4.49. The molecule has 0 saturated heterocycles. The van der Waals surface area contributed by atoms with Crippen LogP contribution in [-0.2, 0) is 20.6 Å². The molecule has 0 saturated carbocycles. The Bertz CT molecular complexity index is 717. The normalized spacial score (nSPS) is 10.6. The third kappa shape index (κ3) is 2.96. The number of hydrogen-bond donors (Lipinski definition) is 1. The third-order valence-electron chi connectivity index (χ3n) is 3.09. The molecule has 106 valence electrons. The number of nitrogens with zero attached hydrogens (tertiary/aromatic N) is 2. The van der Waals surface area contributed by atoms with E-state index in [0.717, 1.165) is 10.3 Å². The van der Waals surface area contributed by atoms with E-state index in [-0.39, 0.29) is 11.2 Å². The average Bonchev–Trinajstić information content (AvgIpc) is 2.48. The second-order valence-corrected chi connectivity index (χ2v) is 5.37. The highest BCUT2D eigenvalue weighted by Gasteiger charge is 2.06. The van der Waals surface area contributed by atoms with Crippen molar-refractivity contribution in [1.82, 2.24) is 9.13 Å². The molecule has 5 nitrogen and oxygen atoms in total. The van der Waals surface area contributed by atoms with Crippen molar-refractivity contribution in [3.63, 3.8) is 0 Å². The smallest absolute Gasteiger partial charge is 0.330 e. The summed E-state index contributed by atoms with van der Waals surface area (Å²) in [5.41, 5.74) is 0.923. The summed E-state index contributed by atoms with van der Waals surface area (Å²) in [7, 11) is 3.12. The summed E-state index contributed by atoms with van der Waals surface area (Å²) in [6.45, 7) is 0.388. The minimum absolute atomic E-state index is 0.263. The van der Waals surface area contributed by atoms with Crippen molar-refractivity contribution in [2.45, 2.75) is 11.4 Å². The number of hydrogen-bond acceptors (Lipinski definition) is 4. The fourth-order valence-electron chi connectivity index (χ4n) is 1.91. The number of aromatic nitrogens is 2. The minimum Gasteiger partial charge on any atom is -0.381 e. The Kier molecular flexibility index (Phi) is 4.34. The van der Waals surface area contributed by atoms with Gasteiger partial charge in [0.15, 0.2) is 0 Å². The molecule has 1 heterocycles. The summed E-state index contributed by atoms with van der Waals surface area (Å²) < 4.78 is 2.53. The molecule has 0 radical (unpaired) electrons. The standard InChI is InChI=1S/C14H17N3O2S/c1-16-9-10(13(18)17(2)14(16)19)8-15-11-4-6-12(20-3)7-5-11/h4-7,9,15H,8H2,1-3H3. The van der Waals surface area contributed by atoms with Gasteiger partial charge in [0, 0.05) is 37.4 Å². The molecule has 0 atom stereocenters. The van der Waals surface area contributed by atoms with Gasteiger partial charge in [-0.1, -0.05) is 0 Å². The van der Waals surface area contributed by atoms with Gasteiger partial charge < -0.3 is 9.88 Å². The molecule has 1 N–H and O–H groups in total. The van der Waals surface area contributed by atoms with E-state index in [1.165, 1.54) is 16.5 Å². The van der Waals surface area contributed by atoms with Crippen molar-refractivity contribution < 1.29 is 0 Å². The topological polar surface area (TPSA) is 56.0 Å². The van der Waals surface area contributed by atoms with Gasteiger partial charge in [0.1, 0.15) is 0 Å².